The standard InChI is InChI=1S/C22H23N3O2/c1-4-15(3)27-20-11-10-16(13-21(20)26-5-2)12-17(14-23)22-24-18-8-6-7-9-19(18)25-22/h6-13,15H,4-5H2,1-3H3,(H,24,25)/b17-12+. The van der Waals surface area contributed by atoms with Crippen molar-refractivity contribution in [1.82, 2.24) is 9.97 Å². The first-order valence-corrected chi connectivity index (χ1v) is 9.15. The third-order valence-electron chi connectivity index (χ3n) is 4.25. The number of hydrogen-bond donors (Lipinski definition) is 1. The predicted octanol–water partition coefficient (Wildman–Crippen LogP) is 5.20. The van der Waals surface area contributed by atoms with Crippen LogP contribution in [0.25, 0.3) is 22.7 Å². The molecule has 0 saturated heterocycles. The van der Waals surface area contributed by atoms with E-state index in [1.54, 1.807) is 6.08 Å². The second-order valence-corrected chi connectivity index (χ2v) is 6.25. The molecule has 0 aliphatic heterocycles. The lowest BCUT2D eigenvalue weighted by Crippen LogP contribution is -2.10. The molecule has 2 aromatic carbocycles. The first-order chi connectivity index (χ1) is 13.1. The summed E-state index contributed by atoms with van der Waals surface area (Å²) < 4.78 is 11.7. The van der Waals surface area contributed by atoms with Gasteiger partial charge < -0.3 is 14.5 Å². The van der Waals surface area contributed by atoms with Crippen LogP contribution in [-0.4, -0.2) is 22.7 Å². The fourth-order valence-corrected chi connectivity index (χ4v) is 2.68. The molecular formula is C22H23N3O2. The van der Waals surface area contributed by atoms with Crippen molar-refractivity contribution in [3.05, 3.63) is 53.9 Å². The number of benzene rings is 2. The van der Waals surface area contributed by atoms with E-state index in [4.69, 9.17) is 9.47 Å². The van der Waals surface area contributed by atoms with Gasteiger partial charge in [-0.25, -0.2) is 4.98 Å². The maximum Gasteiger partial charge on any atom is 0.161 e. The molecule has 1 unspecified atom stereocenters. The van der Waals surface area contributed by atoms with Crippen LogP contribution in [0, 0.1) is 11.3 Å². The van der Waals surface area contributed by atoms with Crippen molar-refractivity contribution in [2.45, 2.75) is 33.3 Å². The van der Waals surface area contributed by atoms with Gasteiger partial charge in [0.25, 0.3) is 0 Å². The van der Waals surface area contributed by atoms with Gasteiger partial charge in [0.2, 0.25) is 0 Å². The van der Waals surface area contributed by atoms with Gasteiger partial charge in [0.05, 0.1) is 29.3 Å². The Kier molecular flexibility index (Phi) is 5.77. The molecule has 0 spiro atoms. The molecule has 0 bridgehead atoms. The fraction of sp³-hybridized carbons (Fsp3) is 0.273. The minimum absolute atomic E-state index is 0.107. The molecule has 27 heavy (non-hydrogen) atoms. The van der Waals surface area contributed by atoms with Crippen LogP contribution in [0.3, 0.4) is 0 Å². The van der Waals surface area contributed by atoms with E-state index in [0.29, 0.717) is 29.5 Å². The van der Waals surface area contributed by atoms with Crippen LogP contribution in [0.4, 0.5) is 0 Å². The summed E-state index contributed by atoms with van der Waals surface area (Å²) in [6.45, 7) is 6.58. The second kappa shape index (κ2) is 8.41. The Labute approximate surface area is 159 Å². The van der Waals surface area contributed by atoms with E-state index in [2.05, 4.69) is 23.0 Å². The zero-order valence-electron chi connectivity index (χ0n) is 15.8. The van der Waals surface area contributed by atoms with Gasteiger partial charge in [0, 0.05) is 0 Å². The zero-order valence-corrected chi connectivity index (χ0v) is 15.8. The Hall–Kier alpha value is -3.26. The number of aromatic nitrogens is 2. The highest BCUT2D eigenvalue weighted by atomic mass is 16.5. The summed E-state index contributed by atoms with van der Waals surface area (Å²) >= 11 is 0. The van der Waals surface area contributed by atoms with Crippen LogP contribution in [0.15, 0.2) is 42.5 Å². The van der Waals surface area contributed by atoms with Crippen LogP contribution in [0.2, 0.25) is 0 Å². The number of allylic oxidation sites excluding steroid dienone is 1. The van der Waals surface area contributed by atoms with Crippen molar-refractivity contribution in [1.29, 1.82) is 5.26 Å². The number of para-hydroxylation sites is 2. The van der Waals surface area contributed by atoms with Crippen molar-refractivity contribution < 1.29 is 9.47 Å². The summed E-state index contributed by atoms with van der Waals surface area (Å²) in [6, 6.07) is 15.6. The average molecular weight is 361 g/mol. The SMILES string of the molecule is CCOc1cc(/C=C(\C#N)c2nc3ccccc3[nH]2)ccc1OC(C)CC. The van der Waals surface area contributed by atoms with Crippen LogP contribution >= 0.6 is 0 Å². The molecule has 0 fully saturated rings. The Morgan fingerprint density at radius 3 is 2.74 bits per heavy atom. The first kappa shape index (κ1) is 18.5. The number of imidazole rings is 1. The number of nitrogens with zero attached hydrogens (tertiary/aromatic N) is 2. The highest BCUT2D eigenvalue weighted by molar-refractivity contribution is 5.90. The second-order valence-electron chi connectivity index (χ2n) is 6.25. The fourth-order valence-electron chi connectivity index (χ4n) is 2.68. The van der Waals surface area contributed by atoms with E-state index in [0.717, 1.165) is 23.0 Å². The van der Waals surface area contributed by atoms with E-state index in [1.807, 2.05) is 56.3 Å². The van der Waals surface area contributed by atoms with Crippen molar-refractivity contribution in [3.8, 4) is 17.6 Å². The summed E-state index contributed by atoms with van der Waals surface area (Å²) in [6.07, 6.45) is 2.82. The quantitative estimate of drug-likeness (QED) is 0.587. The Morgan fingerprint density at radius 2 is 2.04 bits per heavy atom. The molecule has 3 aromatic rings. The molecule has 1 atom stereocenters. The third-order valence-corrected chi connectivity index (χ3v) is 4.25. The van der Waals surface area contributed by atoms with Crippen molar-refractivity contribution in [2.75, 3.05) is 6.61 Å². The number of hydrogen-bond acceptors (Lipinski definition) is 4. The number of aromatic amines is 1. The molecule has 5 nitrogen and oxygen atoms in total. The summed E-state index contributed by atoms with van der Waals surface area (Å²) in [5, 5.41) is 9.61. The average Bonchev–Trinajstić information content (AvgIpc) is 3.12. The predicted molar refractivity (Wildman–Crippen MR) is 108 cm³/mol. The molecule has 0 aliphatic carbocycles. The van der Waals surface area contributed by atoms with E-state index >= 15 is 0 Å². The molecule has 3 rings (SSSR count). The van der Waals surface area contributed by atoms with E-state index < -0.39 is 0 Å². The number of nitriles is 1. The van der Waals surface area contributed by atoms with Gasteiger partial charge in [-0.3, -0.25) is 0 Å². The molecule has 0 saturated carbocycles. The van der Waals surface area contributed by atoms with Gasteiger partial charge in [-0.2, -0.15) is 5.26 Å². The number of fused-ring (bicyclic) bond motifs is 1. The molecule has 1 heterocycles. The Morgan fingerprint density at radius 1 is 1.22 bits per heavy atom. The molecule has 0 radical (unpaired) electrons. The lowest BCUT2D eigenvalue weighted by molar-refractivity contribution is 0.203. The minimum Gasteiger partial charge on any atom is -0.490 e. The van der Waals surface area contributed by atoms with Crippen molar-refractivity contribution in [2.24, 2.45) is 0 Å². The highest BCUT2D eigenvalue weighted by Gasteiger charge is 2.11. The van der Waals surface area contributed by atoms with E-state index in [1.165, 1.54) is 0 Å². The maximum absolute atomic E-state index is 9.61. The molecule has 0 amide bonds. The Bertz CT molecular complexity index is 965. The molecule has 138 valence electrons. The molecular weight excluding hydrogens is 338 g/mol. The third kappa shape index (κ3) is 4.29. The smallest absolute Gasteiger partial charge is 0.161 e. The van der Waals surface area contributed by atoms with Crippen molar-refractivity contribution >= 4 is 22.7 Å². The lowest BCUT2D eigenvalue weighted by atomic mass is 10.1. The summed E-state index contributed by atoms with van der Waals surface area (Å²) in [5.41, 5.74) is 3.05. The minimum atomic E-state index is 0.107. The van der Waals surface area contributed by atoms with Crippen LogP contribution in [0.5, 0.6) is 11.5 Å². The summed E-state index contributed by atoms with van der Waals surface area (Å²) in [4.78, 5) is 7.70. The van der Waals surface area contributed by atoms with Gasteiger partial charge in [-0.15, -0.1) is 0 Å². The molecule has 0 aliphatic rings. The van der Waals surface area contributed by atoms with Crippen LogP contribution in [0.1, 0.15) is 38.6 Å². The molecule has 5 heteroatoms. The largest absolute Gasteiger partial charge is 0.490 e. The lowest BCUT2D eigenvalue weighted by Gasteiger charge is -2.16. The highest BCUT2D eigenvalue weighted by Crippen LogP contribution is 2.31. The first-order valence-electron chi connectivity index (χ1n) is 9.15. The topological polar surface area (TPSA) is 70.9 Å². The maximum atomic E-state index is 9.61. The van der Waals surface area contributed by atoms with Crippen LogP contribution in [-0.2, 0) is 0 Å². The zero-order chi connectivity index (χ0) is 19.2. The van der Waals surface area contributed by atoms with Crippen molar-refractivity contribution in [3.63, 3.8) is 0 Å². The van der Waals surface area contributed by atoms with E-state index in [-0.39, 0.29) is 6.10 Å². The van der Waals surface area contributed by atoms with E-state index in [9.17, 15) is 5.26 Å². The normalized spacial score (nSPS) is 12.6. The van der Waals surface area contributed by atoms with Gasteiger partial charge in [-0.1, -0.05) is 25.1 Å². The number of nitrogens with one attached hydrogen (secondary N) is 1. The number of ether oxygens (including phenoxy) is 2. The molecule has 1 N–H and O–H groups in total. The van der Waals surface area contributed by atoms with Gasteiger partial charge in [0.15, 0.2) is 11.5 Å². The van der Waals surface area contributed by atoms with Gasteiger partial charge >= 0.3 is 0 Å². The number of H-pyrrole nitrogens is 1. The van der Waals surface area contributed by atoms with Gasteiger partial charge in [-0.05, 0) is 56.2 Å². The summed E-state index contributed by atoms with van der Waals surface area (Å²) in [5.74, 6) is 1.94. The monoisotopic (exact) mass is 361 g/mol. The van der Waals surface area contributed by atoms with Crippen LogP contribution < -0.4 is 9.47 Å². The van der Waals surface area contributed by atoms with Gasteiger partial charge in [0.1, 0.15) is 11.9 Å². The Balaban J connectivity index is 1.96. The summed E-state index contributed by atoms with van der Waals surface area (Å²) in [7, 11) is 0. The molecule has 1 aromatic heterocycles. The number of rotatable bonds is 7.